The molecule has 80 valence electrons. The number of hydrogen-bond donors (Lipinski definition) is 1. The Hall–Kier alpha value is -1.19. The lowest BCUT2D eigenvalue weighted by atomic mass is 9.70. The van der Waals surface area contributed by atoms with Crippen molar-refractivity contribution in [2.45, 2.75) is 44.9 Å². The Morgan fingerprint density at radius 2 is 2.13 bits per heavy atom. The van der Waals surface area contributed by atoms with Gasteiger partial charge in [-0.25, -0.2) is 9.89 Å². The van der Waals surface area contributed by atoms with E-state index in [2.05, 4.69) is 36.0 Å². The molecule has 0 amide bonds. The monoisotopic (exact) mass is 205 g/mol. The van der Waals surface area contributed by atoms with Crippen molar-refractivity contribution in [2.24, 2.45) is 5.41 Å². The third-order valence-corrected chi connectivity index (χ3v) is 4.81. The number of rotatable bonds is 0. The van der Waals surface area contributed by atoms with Crippen molar-refractivity contribution in [3.8, 4) is 0 Å². The minimum Gasteiger partial charge on any atom is -0.244 e. The van der Waals surface area contributed by atoms with Crippen LogP contribution in [0.2, 0.25) is 0 Å². The van der Waals surface area contributed by atoms with Gasteiger partial charge in [-0.15, -0.1) is 0 Å². The van der Waals surface area contributed by atoms with Gasteiger partial charge in [-0.1, -0.05) is 20.8 Å². The molecule has 4 nitrogen and oxygen atoms in total. The smallest absolute Gasteiger partial charge is 0.244 e. The van der Waals surface area contributed by atoms with Gasteiger partial charge in [0, 0.05) is 11.3 Å². The molecule has 0 aliphatic heterocycles. The summed E-state index contributed by atoms with van der Waals surface area (Å²) in [6.45, 7) is 6.74. The minimum absolute atomic E-state index is 0.0360. The number of nitrogens with zero attached hydrogens (tertiary/aromatic N) is 2. The first kappa shape index (κ1) is 9.07. The fraction of sp³-hybridized carbons (Fsp3) is 0.727. The van der Waals surface area contributed by atoms with Crippen LogP contribution < -0.4 is 5.69 Å². The Morgan fingerprint density at radius 3 is 2.87 bits per heavy atom. The molecular formula is C11H15N3O. The zero-order chi connectivity index (χ0) is 10.8. The second-order valence-electron chi connectivity index (χ2n) is 5.52. The average Bonchev–Trinajstić information content (AvgIpc) is 2.48. The van der Waals surface area contributed by atoms with Crippen LogP contribution in [-0.4, -0.2) is 15.2 Å². The zero-order valence-corrected chi connectivity index (χ0v) is 9.29. The molecule has 3 rings (SSSR count). The van der Waals surface area contributed by atoms with Gasteiger partial charge in [0.05, 0.1) is 11.4 Å². The summed E-state index contributed by atoms with van der Waals surface area (Å²) in [6, 6.07) is 0. The number of fused-ring (bicyclic) bond motifs is 5. The second-order valence-corrected chi connectivity index (χ2v) is 5.52. The Kier molecular flexibility index (Phi) is 1.40. The number of hydrogen-bond acceptors (Lipinski definition) is 3. The highest BCUT2D eigenvalue weighted by molar-refractivity contribution is 5.40. The first-order chi connectivity index (χ1) is 6.97. The van der Waals surface area contributed by atoms with Crippen LogP contribution in [0, 0.1) is 5.41 Å². The standard InChI is InChI=1S/C11H15N3O/c1-10(2)6-4-5-11(10,3)8-7(6)13-14-9(15)12-8/h6H,4-5H2,1-3H3,(H,12,14,15). The summed E-state index contributed by atoms with van der Waals surface area (Å²) in [5.74, 6) is 0.460. The zero-order valence-electron chi connectivity index (χ0n) is 9.29. The molecule has 1 aromatic heterocycles. The second kappa shape index (κ2) is 2.31. The van der Waals surface area contributed by atoms with Crippen LogP contribution >= 0.6 is 0 Å². The predicted molar refractivity (Wildman–Crippen MR) is 55.8 cm³/mol. The molecule has 0 aromatic carbocycles. The highest BCUT2D eigenvalue weighted by atomic mass is 16.1. The van der Waals surface area contributed by atoms with Crippen LogP contribution in [0.3, 0.4) is 0 Å². The molecule has 1 N–H and O–H groups in total. The Labute approximate surface area is 88.1 Å². The molecule has 2 unspecified atom stereocenters. The van der Waals surface area contributed by atoms with Gasteiger partial charge in [-0.05, 0) is 18.3 Å². The summed E-state index contributed by atoms with van der Waals surface area (Å²) in [5.41, 5.74) is 1.85. The molecule has 2 atom stereocenters. The summed E-state index contributed by atoms with van der Waals surface area (Å²) in [7, 11) is 0. The van der Waals surface area contributed by atoms with Crippen molar-refractivity contribution in [3.05, 3.63) is 21.9 Å². The first-order valence-corrected chi connectivity index (χ1v) is 5.44. The molecule has 2 aliphatic carbocycles. The van der Waals surface area contributed by atoms with E-state index in [0.29, 0.717) is 5.92 Å². The van der Waals surface area contributed by atoms with Crippen molar-refractivity contribution in [2.75, 3.05) is 0 Å². The third-order valence-electron chi connectivity index (χ3n) is 4.81. The summed E-state index contributed by atoms with van der Waals surface area (Å²) in [5, 5.41) is 6.64. The van der Waals surface area contributed by atoms with Crippen molar-refractivity contribution >= 4 is 0 Å². The fourth-order valence-corrected chi connectivity index (χ4v) is 3.40. The van der Waals surface area contributed by atoms with E-state index in [9.17, 15) is 4.79 Å². The molecule has 0 radical (unpaired) electrons. The van der Waals surface area contributed by atoms with E-state index < -0.39 is 0 Å². The van der Waals surface area contributed by atoms with Gasteiger partial charge in [-0.3, -0.25) is 0 Å². The molecular weight excluding hydrogens is 190 g/mol. The summed E-state index contributed by atoms with van der Waals surface area (Å²) < 4.78 is 0. The van der Waals surface area contributed by atoms with Gasteiger partial charge >= 0.3 is 5.69 Å². The van der Waals surface area contributed by atoms with Gasteiger partial charge in [0.1, 0.15) is 0 Å². The van der Waals surface area contributed by atoms with E-state index in [1.807, 2.05) is 0 Å². The van der Waals surface area contributed by atoms with Gasteiger partial charge in [0.15, 0.2) is 0 Å². The largest absolute Gasteiger partial charge is 0.361 e. The Morgan fingerprint density at radius 1 is 1.40 bits per heavy atom. The molecule has 1 heterocycles. The van der Waals surface area contributed by atoms with Gasteiger partial charge in [0.2, 0.25) is 0 Å². The maximum absolute atomic E-state index is 11.2. The van der Waals surface area contributed by atoms with Crippen LogP contribution in [0.5, 0.6) is 0 Å². The molecule has 4 heteroatoms. The quantitative estimate of drug-likeness (QED) is 0.695. The molecule has 1 aromatic rings. The Balaban J connectivity index is 2.34. The van der Waals surface area contributed by atoms with Crippen molar-refractivity contribution in [1.82, 2.24) is 15.2 Å². The molecule has 2 aliphatic rings. The van der Waals surface area contributed by atoms with Crippen molar-refractivity contribution < 1.29 is 0 Å². The number of aromatic amines is 1. The number of nitrogens with one attached hydrogen (secondary N) is 1. The van der Waals surface area contributed by atoms with E-state index in [1.54, 1.807) is 0 Å². The van der Waals surface area contributed by atoms with E-state index in [1.165, 1.54) is 0 Å². The molecule has 1 fully saturated rings. The lowest BCUT2D eigenvalue weighted by molar-refractivity contribution is 0.226. The lowest BCUT2D eigenvalue weighted by Gasteiger charge is -2.33. The normalized spacial score (nSPS) is 35.5. The number of aromatic nitrogens is 3. The van der Waals surface area contributed by atoms with Gasteiger partial charge in [-0.2, -0.15) is 10.1 Å². The first-order valence-electron chi connectivity index (χ1n) is 5.44. The third kappa shape index (κ3) is 0.817. The summed E-state index contributed by atoms with van der Waals surface area (Å²) >= 11 is 0. The topological polar surface area (TPSA) is 58.6 Å². The van der Waals surface area contributed by atoms with E-state index in [4.69, 9.17) is 0 Å². The molecule has 1 saturated carbocycles. The summed E-state index contributed by atoms with van der Waals surface area (Å²) in [6.07, 6.45) is 2.28. The number of H-pyrrole nitrogens is 1. The minimum atomic E-state index is -0.321. The van der Waals surface area contributed by atoms with E-state index >= 15 is 0 Å². The Bertz CT molecular complexity index is 491. The van der Waals surface area contributed by atoms with Crippen LogP contribution in [0.15, 0.2) is 4.79 Å². The molecule has 15 heavy (non-hydrogen) atoms. The fourth-order valence-electron chi connectivity index (χ4n) is 3.40. The summed E-state index contributed by atoms with van der Waals surface area (Å²) in [4.78, 5) is 15.4. The maximum Gasteiger partial charge on any atom is 0.361 e. The highest BCUT2D eigenvalue weighted by Crippen LogP contribution is 2.66. The van der Waals surface area contributed by atoms with Crippen LogP contribution in [0.4, 0.5) is 0 Å². The molecule has 0 saturated heterocycles. The average molecular weight is 205 g/mol. The van der Waals surface area contributed by atoms with E-state index in [0.717, 1.165) is 24.2 Å². The van der Waals surface area contributed by atoms with Crippen LogP contribution in [-0.2, 0) is 5.41 Å². The van der Waals surface area contributed by atoms with E-state index in [-0.39, 0.29) is 16.5 Å². The predicted octanol–water partition coefficient (Wildman–Crippen LogP) is 1.34. The SMILES string of the molecule is CC12CCC(c3n[nH]c(=O)nc31)C2(C)C. The van der Waals surface area contributed by atoms with Crippen molar-refractivity contribution in [3.63, 3.8) is 0 Å². The van der Waals surface area contributed by atoms with Crippen molar-refractivity contribution in [1.29, 1.82) is 0 Å². The molecule has 0 spiro atoms. The maximum atomic E-state index is 11.2. The van der Waals surface area contributed by atoms with Crippen LogP contribution in [0.1, 0.15) is 50.9 Å². The molecule has 2 bridgehead atoms. The highest BCUT2D eigenvalue weighted by Gasteiger charge is 2.61. The lowest BCUT2D eigenvalue weighted by Crippen LogP contribution is -2.33. The van der Waals surface area contributed by atoms with Gasteiger partial charge < -0.3 is 0 Å². The van der Waals surface area contributed by atoms with Crippen LogP contribution in [0.25, 0.3) is 0 Å². The van der Waals surface area contributed by atoms with Gasteiger partial charge in [0.25, 0.3) is 0 Å².